The molecule has 2 N–H and O–H groups in total. The van der Waals surface area contributed by atoms with Crippen molar-refractivity contribution in [3.63, 3.8) is 0 Å². The Labute approximate surface area is 135 Å². The summed E-state index contributed by atoms with van der Waals surface area (Å²) in [6.45, 7) is 2.07. The van der Waals surface area contributed by atoms with E-state index in [1.165, 1.54) is 21.7 Å². The van der Waals surface area contributed by atoms with Gasteiger partial charge in [-0.05, 0) is 19.8 Å². The third kappa shape index (κ3) is 3.08. The normalized spacial score (nSPS) is 21.9. The molecule has 1 aliphatic rings. The average molecular weight is 343 g/mol. The average Bonchev–Trinajstić information content (AvgIpc) is 2.94. The lowest BCUT2D eigenvalue weighted by atomic mass is 10.00. The third-order valence-corrected chi connectivity index (χ3v) is 4.13. The van der Waals surface area contributed by atoms with E-state index >= 15 is 0 Å². The molecule has 1 fully saturated rings. The lowest BCUT2D eigenvalue weighted by Gasteiger charge is -2.36. The van der Waals surface area contributed by atoms with Crippen LogP contribution in [0.4, 0.5) is 23.8 Å². The van der Waals surface area contributed by atoms with E-state index in [2.05, 4.69) is 15.3 Å². The zero-order valence-electron chi connectivity index (χ0n) is 12.8. The number of nitrogens with one attached hydrogen (secondary N) is 1. The molecule has 0 spiro atoms. The van der Waals surface area contributed by atoms with Gasteiger partial charge in [-0.1, -0.05) is 0 Å². The van der Waals surface area contributed by atoms with Crippen LogP contribution in [0, 0.1) is 0 Å². The maximum Gasteiger partial charge on any atom is 0.434 e. The van der Waals surface area contributed by atoms with E-state index in [-0.39, 0.29) is 30.1 Å². The lowest BCUT2D eigenvalue weighted by molar-refractivity contribution is -0.140. The van der Waals surface area contributed by atoms with Crippen LogP contribution in [0.25, 0.3) is 5.65 Å². The summed E-state index contributed by atoms with van der Waals surface area (Å²) in [6.07, 6.45) is -0.540. The first kappa shape index (κ1) is 16.3. The SMILES string of the molecule is CC1CCC(Nc2nccn3cc(C(F)(F)F)nc23)CN1C(=O)O. The van der Waals surface area contributed by atoms with E-state index in [9.17, 15) is 23.1 Å². The number of nitrogens with zero attached hydrogens (tertiary/aromatic N) is 4. The number of halogens is 3. The quantitative estimate of drug-likeness (QED) is 0.876. The highest BCUT2D eigenvalue weighted by molar-refractivity contribution is 5.66. The maximum atomic E-state index is 12.8. The molecule has 1 amide bonds. The molecule has 24 heavy (non-hydrogen) atoms. The van der Waals surface area contributed by atoms with Gasteiger partial charge in [-0.15, -0.1) is 0 Å². The van der Waals surface area contributed by atoms with Crippen LogP contribution >= 0.6 is 0 Å². The molecule has 3 heterocycles. The van der Waals surface area contributed by atoms with Crippen LogP contribution in [0.3, 0.4) is 0 Å². The van der Waals surface area contributed by atoms with Crippen molar-refractivity contribution in [2.75, 3.05) is 11.9 Å². The molecule has 2 atom stereocenters. The van der Waals surface area contributed by atoms with Gasteiger partial charge in [-0.2, -0.15) is 13.2 Å². The molecule has 10 heteroatoms. The summed E-state index contributed by atoms with van der Waals surface area (Å²) < 4.78 is 39.7. The van der Waals surface area contributed by atoms with E-state index in [0.29, 0.717) is 12.8 Å². The van der Waals surface area contributed by atoms with Gasteiger partial charge >= 0.3 is 12.3 Å². The number of likely N-dealkylation sites (tertiary alicyclic amines) is 1. The van der Waals surface area contributed by atoms with Crippen LogP contribution in [0.1, 0.15) is 25.5 Å². The highest BCUT2D eigenvalue weighted by Crippen LogP contribution is 2.30. The highest BCUT2D eigenvalue weighted by Gasteiger charge is 2.35. The second-order valence-corrected chi connectivity index (χ2v) is 5.83. The molecule has 2 unspecified atom stereocenters. The summed E-state index contributed by atoms with van der Waals surface area (Å²) in [5.74, 6) is 0.206. The Morgan fingerprint density at radius 3 is 2.83 bits per heavy atom. The molecule has 1 saturated heterocycles. The summed E-state index contributed by atoms with van der Waals surface area (Å²) in [7, 11) is 0. The Hall–Kier alpha value is -2.52. The summed E-state index contributed by atoms with van der Waals surface area (Å²) in [5, 5.41) is 12.2. The van der Waals surface area contributed by atoms with E-state index < -0.39 is 18.0 Å². The van der Waals surface area contributed by atoms with Gasteiger partial charge in [0.2, 0.25) is 0 Å². The van der Waals surface area contributed by atoms with Crippen molar-refractivity contribution in [3.8, 4) is 0 Å². The maximum absolute atomic E-state index is 12.8. The Morgan fingerprint density at radius 1 is 1.42 bits per heavy atom. The van der Waals surface area contributed by atoms with Crippen molar-refractivity contribution in [2.45, 2.75) is 38.0 Å². The standard InChI is InChI=1S/C14H16F3N5O2/c1-8-2-3-9(6-22(8)13(23)24)19-11-12-20-10(14(15,16)17)7-21(12)5-4-18-11/h4-5,7-9H,2-3,6H2,1H3,(H,18,19)(H,23,24). The van der Waals surface area contributed by atoms with E-state index in [1.807, 2.05) is 6.92 Å². The zero-order valence-corrected chi connectivity index (χ0v) is 12.8. The monoisotopic (exact) mass is 343 g/mol. The van der Waals surface area contributed by atoms with Crippen molar-refractivity contribution in [3.05, 3.63) is 24.3 Å². The van der Waals surface area contributed by atoms with E-state index in [0.717, 1.165) is 6.20 Å². The molecule has 1 aliphatic heterocycles. The van der Waals surface area contributed by atoms with Crippen molar-refractivity contribution in [1.29, 1.82) is 0 Å². The molecule has 0 radical (unpaired) electrons. The Kier molecular flexibility index (Phi) is 3.98. The van der Waals surface area contributed by atoms with Gasteiger partial charge in [0.1, 0.15) is 0 Å². The molecule has 0 aliphatic carbocycles. The van der Waals surface area contributed by atoms with Gasteiger partial charge in [0.05, 0.1) is 0 Å². The van der Waals surface area contributed by atoms with Gasteiger partial charge in [0, 0.05) is 37.2 Å². The second-order valence-electron chi connectivity index (χ2n) is 5.83. The fourth-order valence-electron chi connectivity index (χ4n) is 2.84. The Morgan fingerprint density at radius 2 is 2.17 bits per heavy atom. The number of imidazole rings is 1. The summed E-state index contributed by atoms with van der Waals surface area (Å²) in [4.78, 5) is 20.2. The van der Waals surface area contributed by atoms with Crippen molar-refractivity contribution in [1.82, 2.24) is 19.3 Å². The van der Waals surface area contributed by atoms with Crippen LogP contribution in [-0.4, -0.2) is 49.1 Å². The largest absolute Gasteiger partial charge is 0.465 e. The highest BCUT2D eigenvalue weighted by atomic mass is 19.4. The molecular formula is C14H16F3N5O2. The zero-order chi connectivity index (χ0) is 17.5. The minimum atomic E-state index is -4.54. The number of amides is 1. The molecule has 0 saturated carbocycles. The van der Waals surface area contributed by atoms with Crippen LogP contribution in [0.2, 0.25) is 0 Å². The lowest BCUT2D eigenvalue weighted by Crippen LogP contribution is -2.49. The smallest absolute Gasteiger partial charge is 0.434 e. The molecule has 7 nitrogen and oxygen atoms in total. The van der Waals surface area contributed by atoms with Crippen LogP contribution in [-0.2, 0) is 6.18 Å². The number of alkyl halides is 3. The first-order valence-corrected chi connectivity index (χ1v) is 7.42. The topological polar surface area (TPSA) is 82.8 Å². The number of fused-ring (bicyclic) bond motifs is 1. The molecule has 130 valence electrons. The summed E-state index contributed by atoms with van der Waals surface area (Å²) in [5.41, 5.74) is -0.937. The predicted octanol–water partition coefficient (Wildman–Crippen LogP) is 2.69. The number of hydrogen-bond acceptors (Lipinski definition) is 4. The Bertz CT molecular complexity index is 760. The van der Waals surface area contributed by atoms with Crippen LogP contribution in [0.5, 0.6) is 0 Å². The predicted molar refractivity (Wildman–Crippen MR) is 78.8 cm³/mol. The first-order chi connectivity index (χ1) is 11.3. The fraction of sp³-hybridized carbons (Fsp3) is 0.500. The van der Waals surface area contributed by atoms with Gasteiger partial charge in [-0.25, -0.2) is 14.8 Å². The van der Waals surface area contributed by atoms with E-state index in [4.69, 9.17) is 0 Å². The number of aromatic nitrogens is 3. The number of carboxylic acid groups (broad SMARTS) is 1. The molecular weight excluding hydrogens is 327 g/mol. The number of piperidine rings is 1. The fourth-order valence-corrected chi connectivity index (χ4v) is 2.84. The van der Waals surface area contributed by atoms with Gasteiger partial charge in [0.15, 0.2) is 17.2 Å². The Balaban J connectivity index is 1.85. The van der Waals surface area contributed by atoms with Gasteiger partial charge in [-0.3, -0.25) is 0 Å². The third-order valence-electron chi connectivity index (χ3n) is 4.13. The first-order valence-electron chi connectivity index (χ1n) is 7.42. The van der Waals surface area contributed by atoms with E-state index in [1.54, 1.807) is 0 Å². The molecule has 2 aromatic rings. The molecule has 3 rings (SSSR count). The van der Waals surface area contributed by atoms with Crippen molar-refractivity contribution >= 4 is 17.6 Å². The minimum Gasteiger partial charge on any atom is -0.465 e. The number of hydrogen-bond donors (Lipinski definition) is 2. The molecule has 0 bridgehead atoms. The summed E-state index contributed by atoms with van der Waals surface area (Å²) in [6, 6.07) is -0.324. The van der Waals surface area contributed by atoms with Crippen molar-refractivity contribution < 1.29 is 23.1 Å². The van der Waals surface area contributed by atoms with Crippen LogP contribution < -0.4 is 5.32 Å². The van der Waals surface area contributed by atoms with Gasteiger partial charge < -0.3 is 19.7 Å². The number of rotatable bonds is 2. The minimum absolute atomic E-state index is 0.0605. The molecule has 0 aromatic carbocycles. The van der Waals surface area contributed by atoms with Crippen LogP contribution in [0.15, 0.2) is 18.6 Å². The second kappa shape index (κ2) is 5.84. The number of anilines is 1. The van der Waals surface area contributed by atoms with Gasteiger partial charge in [0.25, 0.3) is 0 Å². The molecule has 2 aromatic heterocycles. The van der Waals surface area contributed by atoms with Crippen molar-refractivity contribution in [2.24, 2.45) is 0 Å². The number of carbonyl (C=O) groups is 1. The summed E-state index contributed by atoms with van der Waals surface area (Å²) >= 11 is 0.